The summed E-state index contributed by atoms with van der Waals surface area (Å²) in [5, 5.41) is 0.143. The van der Waals surface area contributed by atoms with E-state index in [-0.39, 0.29) is 34.2 Å². The minimum Gasteiger partial charge on any atom is -0.482 e. The standard InChI is InChI=1S/C20H23ClN2O4S/c1-15(16-7-3-2-4-8-16)22-28(25,26)17-9-10-19(18(21)13-17)27-14-20(24)23-11-5-6-12-23/h2-4,7-10,13,15,22H,5-6,11-12,14H2,1H3/t15-/m1/s1. The molecule has 1 aliphatic heterocycles. The molecule has 8 heteroatoms. The second kappa shape index (κ2) is 8.94. The number of halogens is 1. The lowest BCUT2D eigenvalue weighted by Gasteiger charge is -2.17. The van der Waals surface area contributed by atoms with Gasteiger partial charge in [0.05, 0.1) is 9.92 Å². The van der Waals surface area contributed by atoms with Crippen LogP contribution < -0.4 is 9.46 Å². The first-order chi connectivity index (χ1) is 13.4. The van der Waals surface area contributed by atoms with Crippen LogP contribution in [0.2, 0.25) is 5.02 Å². The van der Waals surface area contributed by atoms with Crippen LogP contribution in [0.3, 0.4) is 0 Å². The Balaban J connectivity index is 1.66. The Morgan fingerprint density at radius 1 is 1.18 bits per heavy atom. The minimum atomic E-state index is -3.76. The van der Waals surface area contributed by atoms with Gasteiger partial charge in [-0.15, -0.1) is 0 Å². The number of hydrogen-bond donors (Lipinski definition) is 1. The van der Waals surface area contributed by atoms with Gasteiger partial charge in [0.15, 0.2) is 6.61 Å². The second-order valence-corrected chi connectivity index (χ2v) is 8.84. The summed E-state index contributed by atoms with van der Waals surface area (Å²) in [5.41, 5.74) is 0.859. The summed E-state index contributed by atoms with van der Waals surface area (Å²) in [5.74, 6) is 0.188. The maximum Gasteiger partial charge on any atom is 0.260 e. The fourth-order valence-electron chi connectivity index (χ4n) is 3.07. The van der Waals surface area contributed by atoms with Gasteiger partial charge in [-0.3, -0.25) is 4.79 Å². The molecule has 0 aromatic heterocycles. The second-order valence-electron chi connectivity index (χ2n) is 6.72. The maximum absolute atomic E-state index is 12.6. The monoisotopic (exact) mass is 422 g/mol. The van der Waals surface area contributed by atoms with Crippen molar-refractivity contribution in [3.05, 3.63) is 59.1 Å². The van der Waals surface area contributed by atoms with Gasteiger partial charge >= 0.3 is 0 Å². The molecule has 2 aromatic carbocycles. The van der Waals surface area contributed by atoms with E-state index in [1.165, 1.54) is 18.2 Å². The number of ether oxygens (including phenoxy) is 1. The lowest BCUT2D eigenvalue weighted by molar-refractivity contribution is -0.132. The molecule has 3 rings (SSSR count). The fourth-order valence-corrected chi connectivity index (χ4v) is 4.63. The molecule has 1 heterocycles. The molecule has 28 heavy (non-hydrogen) atoms. The molecular weight excluding hydrogens is 400 g/mol. The molecule has 6 nitrogen and oxygen atoms in total. The van der Waals surface area contributed by atoms with Crippen LogP contribution in [0.25, 0.3) is 0 Å². The van der Waals surface area contributed by atoms with Crippen LogP contribution in [0, 0.1) is 0 Å². The third-order valence-electron chi connectivity index (χ3n) is 4.66. The summed E-state index contributed by atoms with van der Waals surface area (Å²) in [6.45, 7) is 3.15. The van der Waals surface area contributed by atoms with E-state index in [9.17, 15) is 13.2 Å². The van der Waals surface area contributed by atoms with Crippen LogP contribution in [0.1, 0.15) is 31.4 Å². The molecular formula is C20H23ClN2O4S. The quantitative estimate of drug-likeness (QED) is 0.742. The van der Waals surface area contributed by atoms with E-state index in [1.807, 2.05) is 30.3 Å². The highest BCUT2D eigenvalue weighted by Gasteiger charge is 2.21. The molecule has 1 amide bonds. The van der Waals surface area contributed by atoms with Gasteiger partial charge in [-0.1, -0.05) is 41.9 Å². The zero-order valence-electron chi connectivity index (χ0n) is 15.6. The number of sulfonamides is 1. The molecule has 0 saturated carbocycles. The van der Waals surface area contributed by atoms with Crippen LogP contribution >= 0.6 is 11.6 Å². The highest BCUT2D eigenvalue weighted by atomic mass is 35.5. The van der Waals surface area contributed by atoms with Gasteiger partial charge in [-0.2, -0.15) is 0 Å². The lowest BCUT2D eigenvalue weighted by Crippen LogP contribution is -2.32. The predicted molar refractivity (Wildman–Crippen MR) is 108 cm³/mol. The van der Waals surface area contributed by atoms with Crippen LogP contribution in [0.4, 0.5) is 0 Å². The van der Waals surface area contributed by atoms with Gasteiger partial charge in [0.1, 0.15) is 5.75 Å². The Bertz CT molecular complexity index is 928. The van der Waals surface area contributed by atoms with E-state index in [0.29, 0.717) is 0 Å². The van der Waals surface area contributed by atoms with E-state index in [2.05, 4.69) is 4.72 Å². The van der Waals surface area contributed by atoms with Crippen molar-refractivity contribution in [2.75, 3.05) is 19.7 Å². The molecule has 1 N–H and O–H groups in total. The van der Waals surface area contributed by atoms with Crippen molar-refractivity contribution in [1.29, 1.82) is 0 Å². The first-order valence-corrected chi connectivity index (χ1v) is 11.0. The zero-order chi connectivity index (χ0) is 20.1. The molecule has 2 aromatic rings. The van der Waals surface area contributed by atoms with Crippen LogP contribution in [0.15, 0.2) is 53.4 Å². The number of carbonyl (C=O) groups is 1. The van der Waals surface area contributed by atoms with Crippen LogP contribution in [0.5, 0.6) is 5.75 Å². The third-order valence-corrected chi connectivity index (χ3v) is 6.49. The number of hydrogen-bond acceptors (Lipinski definition) is 4. The summed E-state index contributed by atoms with van der Waals surface area (Å²) in [4.78, 5) is 13.9. The first kappa shape index (κ1) is 20.6. The molecule has 0 unspecified atom stereocenters. The molecule has 1 fully saturated rings. The Morgan fingerprint density at radius 2 is 1.86 bits per heavy atom. The topological polar surface area (TPSA) is 75.7 Å². The smallest absolute Gasteiger partial charge is 0.260 e. The summed E-state index contributed by atoms with van der Waals surface area (Å²) in [7, 11) is -3.76. The summed E-state index contributed by atoms with van der Waals surface area (Å²) >= 11 is 6.19. The van der Waals surface area contributed by atoms with Crippen molar-refractivity contribution in [1.82, 2.24) is 9.62 Å². The average Bonchev–Trinajstić information content (AvgIpc) is 3.22. The Morgan fingerprint density at radius 3 is 2.50 bits per heavy atom. The fraction of sp³-hybridized carbons (Fsp3) is 0.350. The van der Waals surface area contributed by atoms with Crippen molar-refractivity contribution < 1.29 is 17.9 Å². The predicted octanol–water partition coefficient (Wildman–Crippen LogP) is 3.38. The van der Waals surface area contributed by atoms with E-state index in [0.717, 1.165) is 31.5 Å². The molecule has 1 atom stereocenters. The minimum absolute atomic E-state index is 0.0403. The van der Waals surface area contributed by atoms with Gasteiger partial charge in [0, 0.05) is 19.1 Å². The van der Waals surface area contributed by atoms with Crippen molar-refractivity contribution in [3.63, 3.8) is 0 Å². The molecule has 0 radical (unpaired) electrons. The van der Waals surface area contributed by atoms with Crippen LogP contribution in [-0.2, 0) is 14.8 Å². The number of carbonyl (C=O) groups excluding carboxylic acids is 1. The van der Waals surface area contributed by atoms with E-state index in [4.69, 9.17) is 16.3 Å². The van der Waals surface area contributed by atoms with E-state index in [1.54, 1.807) is 11.8 Å². The first-order valence-electron chi connectivity index (χ1n) is 9.14. The lowest BCUT2D eigenvalue weighted by atomic mass is 10.1. The van der Waals surface area contributed by atoms with Crippen molar-refractivity contribution in [2.24, 2.45) is 0 Å². The third kappa shape index (κ3) is 5.04. The normalized spacial score (nSPS) is 15.4. The molecule has 1 aliphatic rings. The number of nitrogens with zero attached hydrogens (tertiary/aromatic N) is 1. The maximum atomic E-state index is 12.6. The van der Waals surface area contributed by atoms with Crippen molar-refractivity contribution in [3.8, 4) is 5.75 Å². The summed E-state index contributed by atoms with van der Waals surface area (Å²) in [6.07, 6.45) is 2.01. The molecule has 1 saturated heterocycles. The Hall–Kier alpha value is -2.09. The number of rotatable bonds is 7. The van der Waals surface area contributed by atoms with E-state index >= 15 is 0 Å². The number of likely N-dealkylation sites (tertiary alicyclic amines) is 1. The molecule has 0 aliphatic carbocycles. The van der Waals surface area contributed by atoms with Gasteiger partial charge in [0.25, 0.3) is 5.91 Å². The van der Waals surface area contributed by atoms with Crippen molar-refractivity contribution in [2.45, 2.75) is 30.7 Å². The number of amides is 1. The van der Waals surface area contributed by atoms with Gasteiger partial charge < -0.3 is 9.64 Å². The Labute approximate surface area is 170 Å². The van der Waals surface area contributed by atoms with Crippen LogP contribution in [-0.4, -0.2) is 38.9 Å². The SMILES string of the molecule is C[C@@H](NS(=O)(=O)c1ccc(OCC(=O)N2CCCC2)c(Cl)c1)c1ccccc1. The average molecular weight is 423 g/mol. The van der Waals surface area contributed by atoms with E-state index < -0.39 is 10.0 Å². The molecule has 0 bridgehead atoms. The van der Waals surface area contributed by atoms with Crippen molar-refractivity contribution >= 4 is 27.5 Å². The van der Waals surface area contributed by atoms with Gasteiger partial charge in [-0.25, -0.2) is 13.1 Å². The Kier molecular flexibility index (Phi) is 6.59. The number of nitrogens with one attached hydrogen (secondary N) is 1. The van der Waals surface area contributed by atoms with Gasteiger partial charge in [-0.05, 0) is 43.5 Å². The highest BCUT2D eigenvalue weighted by molar-refractivity contribution is 7.89. The molecule has 150 valence electrons. The van der Waals surface area contributed by atoms with Gasteiger partial charge in [0.2, 0.25) is 10.0 Å². The highest BCUT2D eigenvalue weighted by Crippen LogP contribution is 2.28. The summed E-state index contributed by atoms with van der Waals surface area (Å²) in [6, 6.07) is 13.1. The molecule has 0 spiro atoms. The largest absolute Gasteiger partial charge is 0.482 e. The zero-order valence-corrected chi connectivity index (χ0v) is 17.2. The number of benzene rings is 2. The summed E-state index contributed by atoms with van der Waals surface area (Å²) < 4.78 is 33.4.